The van der Waals surface area contributed by atoms with Crippen molar-refractivity contribution in [2.24, 2.45) is 0 Å². The fourth-order valence-corrected chi connectivity index (χ4v) is 3.32. The smallest absolute Gasteiger partial charge is 0.230 e. The first-order valence-corrected chi connectivity index (χ1v) is 10.1. The average Bonchev–Trinajstić information content (AvgIpc) is 2.83. The molecule has 0 unspecified atom stereocenters. The molecule has 3 aromatic carbocycles. The molecule has 1 aliphatic rings. The molecule has 1 saturated heterocycles. The van der Waals surface area contributed by atoms with Crippen molar-refractivity contribution in [2.45, 2.75) is 19.4 Å². The minimum atomic E-state index is -0.321. The van der Waals surface area contributed by atoms with Gasteiger partial charge in [-0.3, -0.25) is 4.79 Å². The molecule has 1 fully saturated rings. The molecule has 0 bridgehead atoms. The van der Waals surface area contributed by atoms with E-state index in [9.17, 15) is 18.7 Å². The zero-order valence-corrected chi connectivity index (χ0v) is 18.2. The van der Waals surface area contributed by atoms with Gasteiger partial charge in [-0.2, -0.15) is 0 Å². The summed E-state index contributed by atoms with van der Waals surface area (Å²) in [7, 11) is 0. The van der Waals surface area contributed by atoms with E-state index in [1.165, 1.54) is 24.3 Å². The van der Waals surface area contributed by atoms with E-state index in [0.29, 0.717) is 12.1 Å². The minimum absolute atomic E-state index is 0.0118. The molecular weight excluding hydrogens is 424 g/mol. The van der Waals surface area contributed by atoms with Crippen LogP contribution in [0.4, 0.5) is 14.5 Å². The molecule has 6 heteroatoms. The van der Waals surface area contributed by atoms with Crippen LogP contribution in [0.1, 0.15) is 30.5 Å². The monoisotopic (exact) mass is 449 g/mol. The van der Waals surface area contributed by atoms with Crippen LogP contribution in [0.15, 0.2) is 78.9 Å². The second kappa shape index (κ2) is 12.2. The van der Waals surface area contributed by atoms with Gasteiger partial charge in [0, 0.05) is 5.69 Å². The molecule has 0 aliphatic carbocycles. The normalized spacial score (nSPS) is 14.8. The molecule has 4 nitrogen and oxygen atoms in total. The first kappa shape index (κ1) is 25.3. The van der Waals surface area contributed by atoms with Crippen LogP contribution in [0.2, 0.25) is 0 Å². The maximum absolute atomic E-state index is 12.9. The largest absolute Gasteiger partial charge is 0.508 e. The number of aromatic hydroxyl groups is 1. The van der Waals surface area contributed by atoms with Crippen molar-refractivity contribution in [2.75, 3.05) is 11.5 Å². The third kappa shape index (κ3) is 6.52. The van der Waals surface area contributed by atoms with Crippen LogP contribution < -0.4 is 4.90 Å². The second-order valence-corrected chi connectivity index (χ2v) is 7.03. The number of amides is 1. The Morgan fingerprint density at radius 3 is 1.94 bits per heavy atom. The maximum Gasteiger partial charge on any atom is 0.230 e. The number of halogens is 2. The molecule has 0 aromatic heterocycles. The van der Waals surface area contributed by atoms with Gasteiger partial charge in [0.25, 0.3) is 0 Å². The molecule has 0 spiro atoms. The summed E-state index contributed by atoms with van der Waals surface area (Å²) in [5, 5.41) is 18.2. The number of allylic oxidation sites excluding steroid dienone is 1. The van der Waals surface area contributed by atoms with Gasteiger partial charge in [-0.15, -0.1) is 12.8 Å². The summed E-state index contributed by atoms with van der Waals surface area (Å²) in [5.41, 5.74) is 3.33. The maximum atomic E-state index is 12.9. The zero-order chi connectivity index (χ0) is 24.4. The Balaban J connectivity index is 0.000000238. The van der Waals surface area contributed by atoms with E-state index in [-0.39, 0.29) is 35.9 Å². The average molecular weight is 449 g/mol. The summed E-state index contributed by atoms with van der Waals surface area (Å²) in [4.78, 5) is 13.4. The number of β-lactam (4-membered cyclic amide) rings is 1. The van der Waals surface area contributed by atoms with Gasteiger partial charge < -0.3 is 15.1 Å². The van der Waals surface area contributed by atoms with Crippen LogP contribution in [-0.2, 0) is 4.79 Å². The number of terminal acetylenes is 1. The first-order valence-electron chi connectivity index (χ1n) is 10.1. The van der Waals surface area contributed by atoms with Crippen LogP contribution in [0.3, 0.4) is 0 Å². The topological polar surface area (TPSA) is 60.8 Å². The quantitative estimate of drug-likeness (QED) is 0.410. The van der Waals surface area contributed by atoms with Crippen molar-refractivity contribution < 1.29 is 23.8 Å². The predicted molar refractivity (Wildman–Crippen MR) is 126 cm³/mol. The van der Waals surface area contributed by atoms with Gasteiger partial charge in [-0.1, -0.05) is 30.3 Å². The first-order chi connectivity index (χ1) is 15.9. The van der Waals surface area contributed by atoms with Gasteiger partial charge >= 0.3 is 0 Å². The number of benzene rings is 3. The Bertz CT molecular complexity index is 1090. The van der Waals surface area contributed by atoms with Gasteiger partial charge in [0.15, 0.2) is 0 Å². The number of anilines is 1. The molecule has 2 N–H and O–H groups in total. The van der Waals surface area contributed by atoms with E-state index < -0.39 is 0 Å². The number of aliphatic hydroxyl groups is 1. The summed E-state index contributed by atoms with van der Waals surface area (Å²) in [5.74, 6) is -0.363. The SMILES string of the molecule is C#C.C/C=C(\CO)c1ccc(F)cc1.O=C1C[C@@H](c2ccc(O)cc2)N1c1ccc(F)cc1. The van der Waals surface area contributed by atoms with Crippen LogP contribution in [0.5, 0.6) is 5.75 Å². The molecule has 4 rings (SSSR count). The van der Waals surface area contributed by atoms with Gasteiger partial charge in [0.05, 0.1) is 19.1 Å². The van der Waals surface area contributed by atoms with Gasteiger partial charge in [0.2, 0.25) is 5.91 Å². The van der Waals surface area contributed by atoms with Gasteiger partial charge in [-0.05, 0) is 72.2 Å². The molecular formula is C27H25F2NO3. The Morgan fingerprint density at radius 1 is 0.970 bits per heavy atom. The molecule has 0 radical (unpaired) electrons. The summed E-state index contributed by atoms with van der Waals surface area (Å²) >= 11 is 0. The standard InChI is InChI=1S/C15H12FNO2.C10H11FO.C2H2/c16-11-3-5-12(6-4-11)17-14(9-15(17)19)10-1-7-13(18)8-2-10;1-2-8(7-12)9-3-5-10(11)6-4-9;1-2/h1-8,14,18H,9H2;2-6,12H,7H2,1H3;1-2H/b;8-2+;/t14-;;/m0../s1. The Labute approximate surface area is 192 Å². The molecule has 1 amide bonds. The van der Waals surface area contributed by atoms with Crippen molar-refractivity contribution in [3.05, 3.63) is 102 Å². The molecule has 3 aromatic rings. The number of hydrogen-bond acceptors (Lipinski definition) is 3. The fourth-order valence-electron chi connectivity index (χ4n) is 3.32. The van der Waals surface area contributed by atoms with Crippen molar-refractivity contribution in [1.82, 2.24) is 0 Å². The summed E-state index contributed by atoms with van der Waals surface area (Å²) in [6.07, 6.45) is 10.2. The van der Waals surface area contributed by atoms with Crippen molar-refractivity contribution in [3.8, 4) is 18.6 Å². The highest BCUT2D eigenvalue weighted by atomic mass is 19.1. The van der Waals surface area contributed by atoms with Crippen LogP contribution >= 0.6 is 0 Å². The van der Waals surface area contributed by atoms with E-state index in [1.54, 1.807) is 53.4 Å². The number of aliphatic hydroxyl groups excluding tert-OH is 1. The number of hydrogen-bond donors (Lipinski definition) is 2. The van der Waals surface area contributed by atoms with E-state index >= 15 is 0 Å². The predicted octanol–water partition coefficient (Wildman–Crippen LogP) is 5.48. The van der Waals surface area contributed by atoms with Crippen molar-refractivity contribution in [1.29, 1.82) is 0 Å². The molecule has 1 atom stereocenters. The number of nitrogens with zero attached hydrogens (tertiary/aromatic N) is 1. The number of phenols is 1. The van der Waals surface area contributed by atoms with E-state index in [4.69, 9.17) is 5.11 Å². The molecule has 33 heavy (non-hydrogen) atoms. The number of carbonyl (C=O) groups is 1. The third-order valence-electron chi connectivity index (χ3n) is 5.06. The van der Waals surface area contributed by atoms with Crippen LogP contribution in [0, 0.1) is 24.5 Å². The Kier molecular flexibility index (Phi) is 9.34. The zero-order valence-electron chi connectivity index (χ0n) is 18.2. The van der Waals surface area contributed by atoms with E-state index in [1.807, 2.05) is 13.0 Å². The van der Waals surface area contributed by atoms with Gasteiger partial charge in [-0.25, -0.2) is 8.78 Å². The van der Waals surface area contributed by atoms with Gasteiger partial charge in [0.1, 0.15) is 17.4 Å². The van der Waals surface area contributed by atoms with Crippen molar-refractivity contribution in [3.63, 3.8) is 0 Å². The summed E-state index contributed by atoms with van der Waals surface area (Å²) in [6.45, 7) is 1.83. The minimum Gasteiger partial charge on any atom is -0.508 e. The van der Waals surface area contributed by atoms with Crippen LogP contribution in [-0.4, -0.2) is 22.7 Å². The Morgan fingerprint density at radius 2 is 1.48 bits per heavy atom. The van der Waals surface area contributed by atoms with E-state index in [0.717, 1.165) is 16.7 Å². The molecule has 1 aliphatic heterocycles. The highest BCUT2D eigenvalue weighted by molar-refractivity contribution is 6.01. The second-order valence-electron chi connectivity index (χ2n) is 7.03. The number of carbonyl (C=O) groups excluding carboxylic acids is 1. The lowest BCUT2D eigenvalue weighted by atomic mass is 9.93. The highest BCUT2D eigenvalue weighted by Gasteiger charge is 2.38. The number of rotatable bonds is 4. The lowest BCUT2D eigenvalue weighted by molar-refractivity contribution is -0.124. The van der Waals surface area contributed by atoms with Crippen molar-refractivity contribution >= 4 is 17.2 Å². The Hall–Kier alpha value is -3.95. The number of phenolic OH excluding ortho intramolecular Hbond substituents is 1. The molecule has 0 saturated carbocycles. The highest BCUT2D eigenvalue weighted by Crippen LogP contribution is 2.39. The molecule has 1 heterocycles. The lowest BCUT2D eigenvalue weighted by Crippen LogP contribution is -2.46. The lowest BCUT2D eigenvalue weighted by Gasteiger charge is -2.40. The summed E-state index contributed by atoms with van der Waals surface area (Å²) in [6, 6.07) is 18.7. The fraction of sp³-hybridized carbons (Fsp3) is 0.148. The van der Waals surface area contributed by atoms with Crippen LogP contribution in [0.25, 0.3) is 5.57 Å². The third-order valence-corrected chi connectivity index (χ3v) is 5.06. The summed E-state index contributed by atoms with van der Waals surface area (Å²) < 4.78 is 25.4. The molecule has 170 valence electrons. The van der Waals surface area contributed by atoms with E-state index in [2.05, 4.69) is 12.8 Å².